The van der Waals surface area contributed by atoms with Crippen LogP contribution in [-0.2, 0) is 0 Å². The molecule has 160 valence electrons. The van der Waals surface area contributed by atoms with E-state index in [-0.39, 0.29) is 11.8 Å². The summed E-state index contributed by atoms with van der Waals surface area (Å²) in [4.78, 5) is 15.8. The molecule has 0 saturated carbocycles. The first-order valence-corrected chi connectivity index (χ1v) is 11.1. The molecular weight excluding hydrogens is 422 g/mol. The van der Waals surface area contributed by atoms with Gasteiger partial charge in [-0.15, -0.1) is 21.5 Å². The molecule has 5 rings (SSSR count). The topological polar surface area (TPSA) is 120 Å². The molecular formula is C22H21N9S. The van der Waals surface area contributed by atoms with Crippen molar-refractivity contribution in [2.45, 2.75) is 32.2 Å². The van der Waals surface area contributed by atoms with Crippen molar-refractivity contribution in [1.82, 2.24) is 29.7 Å². The van der Waals surface area contributed by atoms with E-state index < -0.39 is 5.92 Å². The predicted octanol–water partition coefficient (Wildman–Crippen LogP) is 4.23. The third kappa shape index (κ3) is 3.19. The van der Waals surface area contributed by atoms with Crippen molar-refractivity contribution in [3.05, 3.63) is 70.6 Å². The van der Waals surface area contributed by atoms with E-state index in [4.69, 9.17) is 15.8 Å². The number of nitrogens with zero attached hydrogens (tertiary/aromatic N) is 7. The zero-order valence-corrected chi connectivity index (χ0v) is 18.4. The third-order valence-corrected chi connectivity index (χ3v) is 6.36. The van der Waals surface area contributed by atoms with E-state index in [1.807, 2.05) is 9.95 Å². The molecule has 0 spiro atoms. The summed E-state index contributed by atoms with van der Waals surface area (Å²) in [7, 11) is 0. The van der Waals surface area contributed by atoms with Crippen LogP contribution in [0.4, 0.5) is 11.5 Å². The van der Waals surface area contributed by atoms with Crippen LogP contribution >= 0.6 is 11.3 Å². The number of rotatable bonds is 6. The van der Waals surface area contributed by atoms with Crippen LogP contribution in [0, 0.1) is 17.7 Å². The number of aromatic nitrogens is 6. The third-order valence-electron chi connectivity index (χ3n) is 5.56. The highest BCUT2D eigenvalue weighted by Crippen LogP contribution is 2.43. The molecule has 1 aromatic carbocycles. The highest BCUT2D eigenvalue weighted by atomic mass is 32.1. The Balaban J connectivity index is 1.67. The van der Waals surface area contributed by atoms with Crippen molar-refractivity contribution < 1.29 is 0 Å². The fourth-order valence-electron chi connectivity index (χ4n) is 3.95. The Hall–Kier alpha value is -3.79. The molecule has 3 aromatic heterocycles. The van der Waals surface area contributed by atoms with Crippen molar-refractivity contribution >= 4 is 34.8 Å². The van der Waals surface area contributed by atoms with Gasteiger partial charge in [0.1, 0.15) is 22.8 Å². The lowest BCUT2D eigenvalue weighted by molar-refractivity contribution is 0.587. The predicted molar refractivity (Wildman–Crippen MR) is 124 cm³/mol. The smallest absolute Gasteiger partial charge is 0.161 e. The molecule has 10 heteroatoms. The van der Waals surface area contributed by atoms with Crippen LogP contribution in [0.25, 0.3) is 5.69 Å². The van der Waals surface area contributed by atoms with Gasteiger partial charge in [-0.05, 0) is 25.5 Å². The lowest BCUT2D eigenvalue weighted by Gasteiger charge is -2.37. The summed E-state index contributed by atoms with van der Waals surface area (Å²) in [6.07, 6.45) is 7.06. The number of aryl methyl sites for hydroxylation is 1. The van der Waals surface area contributed by atoms with Gasteiger partial charge >= 0.3 is 0 Å². The van der Waals surface area contributed by atoms with Crippen LogP contribution in [0.1, 0.15) is 47.5 Å². The van der Waals surface area contributed by atoms with Gasteiger partial charge in [-0.25, -0.2) is 15.0 Å². The SMILES string of the molecule is CCC1c2nncn2-c2cnc(C(C=N)C(=N)c3nccs3)nc2N1c1ccc(C)cc1. The average Bonchev–Trinajstić information content (AvgIpc) is 3.52. The molecule has 2 N–H and O–H groups in total. The highest BCUT2D eigenvalue weighted by molar-refractivity contribution is 7.11. The number of hydrogen-bond acceptors (Lipinski definition) is 9. The standard InChI is InChI=1S/C22H21N9S/c1-3-16-21-29-27-12-30(21)17-11-26-19(15(10-23)18(24)22-25-8-9-32-22)28-20(17)31(16)14-6-4-13(2)5-7-14/h4-12,15-16,23-24H,3H2,1-2H3. The summed E-state index contributed by atoms with van der Waals surface area (Å²) in [5.41, 5.74) is 3.14. The average molecular weight is 444 g/mol. The number of benzene rings is 1. The zero-order valence-electron chi connectivity index (χ0n) is 17.6. The van der Waals surface area contributed by atoms with Gasteiger partial charge in [0, 0.05) is 23.5 Å². The molecule has 2 unspecified atom stereocenters. The fraction of sp³-hybridized carbons (Fsp3) is 0.227. The zero-order chi connectivity index (χ0) is 22.2. The van der Waals surface area contributed by atoms with Gasteiger partial charge in [0.25, 0.3) is 0 Å². The van der Waals surface area contributed by atoms with Crippen LogP contribution in [0.5, 0.6) is 0 Å². The molecule has 0 saturated heterocycles. The number of fused-ring (bicyclic) bond motifs is 3. The van der Waals surface area contributed by atoms with E-state index in [9.17, 15) is 0 Å². The summed E-state index contributed by atoms with van der Waals surface area (Å²) in [5, 5.41) is 27.4. The lowest BCUT2D eigenvalue weighted by Crippen LogP contribution is -2.33. The van der Waals surface area contributed by atoms with Gasteiger partial charge < -0.3 is 15.7 Å². The Morgan fingerprint density at radius 3 is 2.75 bits per heavy atom. The molecule has 4 aromatic rings. The fourth-order valence-corrected chi connectivity index (χ4v) is 4.57. The lowest BCUT2D eigenvalue weighted by atomic mass is 10.0. The van der Waals surface area contributed by atoms with Crippen molar-refractivity contribution in [3.63, 3.8) is 0 Å². The van der Waals surface area contributed by atoms with Crippen molar-refractivity contribution in [3.8, 4) is 5.69 Å². The molecule has 0 amide bonds. The normalized spacial score (nSPS) is 15.7. The molecule has 1 aliphatic heterocycles. The monoisotopic (exact) mass is 443 g/mol. The molecule has 1 aliphatic rings. The van der Waals surface area contributed by atoms with E-state index in [2.05, 4.69) is 63.2 Å². The molecule has 0 bridgehead atoms. The van der Waals surface area contributed by atoms with E-state index >= 15 is 0 Å². The van der Waals surface area contributed by atoms with E-state index in [1.165, 1.54) is 23.1 Å². The number of thiazole rings is 1. The first kappa shape index (κ1) is 20.1. The maximum absolute atomic E-state index is 8.57. The van der Waals surface area contributed by atoms with Gasteiger partial charge in [-0.2, -0.15) is 0 Å². The molecule has 0 fully saturated rings. The number of nitrogens with one attached hydrogen (secondary N) is 2. The highest BCUT2D eigenvalue weighted by Gasteiger charge is 2.35. The second-order valence-electron chi connectivity index (χ2n) is 7.52. The van der Waals surface area contributed by atoms with Crippen LogP contribution < -0.4 is 4.90 Å². The Morgan fingerprint density at radius 2 is 2.06 bits per heavy atom. The molecule has 32 heavy (non-hydrogen) atoms. The minimum Gasteiger partial charge on any atom is -0.314 e. The van der Waals surface area contributed by atoms with Gasteiger partial charge in [-0.3, -0.25) is 4.57 Å². The minimum absolute atomic E-state index is 0.0627. The van der Waals surface area contributed by atoms with E-state index in [0.717, 1.165) is 23.6 Å². The van der Waals surface area contributed by atoms with Crippen molar-refractivity contribution in [2.75, 3.05) is 4.90 Å². The van der Waals surface area contributed by atoms with Crippen LogP contribution in [0.3, 0.4) is 0 Å². The van der Waals surface area contributed by atoms with Crippen LogP contribution in [0.2, 0.25) is 0 Å². The number of anilines is 2. The van der Waals surface area contributed by atoms with E-state index in [0.29, 0.717) is 16.6 Å². The molecule has 0 radical (unpaired) electrons. The Bertz CT molecular complexity index is 1280. The summed E-state index contributed by atoms with van der Waals surface area (Å²) >= 11 is 1.37. The second kappa shape index (κ2) is 8.04. The van der Waals surface area contributed by atoms with Gasteiger partial charge in [0.15, 0.2) is 11.6 Å². The van der Waals surface area contributed by atoms with Gasteiger partial charge in [-0.1, -0.05) is 24.6 Å². The van der Waals surface area contributed by atoms with Crippen LogP contribution in [0.15, 0.2) is 48.4 Å². The van der Waals surface area contributed by atoms with Crippen molar-refractivity contribution in [2.24, 2.45) is 0 Å². The summed E-state index contributed by atoms with van der Waals surface area (Å²) < 4.78 is 1.92. The summed E-state index contributed by atoms with van der Waals surface area (Å²) in [6.45, 7) is 4.16. The molecule has 0 aliphatic carbocycles. The maximum Gasteiger partial charge on any atom is 0.161 e. The molecule has 9 nitrogen and oxygen atoms in total. The maximum atomic E-state index is 8.57. The molecule has 4 heterocycles. The summed E-state index contributed by atoms with van der Waals surface area (Å²) in [6, 6.07) is 8.22. The minimum atomic E-state index is -0.686. The second-order valence-corrected chi connectivity index (χ2v) is 8.42. The first-order chi connectivity index (χ1) is 15.6. The first-order valence-electron chi connectivity index (χ1n) is 10.2. The number of hydrogen-bond donors (Lipinski definition) is 2. The van der Waals surface area contributed by atoms with Gasteiger partial charge in [0.2, 0.25) is 0 Å². The quantitative estimate of drug-likeness (QED) is 0.430. The Kier molecular flexibility index (Phi) is 5.06. The van der Waals surface area contributed by atoms with Crippen molar-refractivity contribution in [1.29, 1.82) is 10.8 Å². The largest absolute Gasteiger partial charge is 0.314 e. The van der Waals surface area contributed by atoms with E-state index in [1.54, 1.807) is 18.7 Å². The summed E-state index contributed by atoms with van der Waals surface area (Å²) in [5.74, 6) is 1.24. The van der Waals surface area contributed by atoms with Crippen LogP contribution in [-0.4, -0.2) is 41.6 Å². The molecule has 2 atom stereocenters. The Labute approximate surface area is 188 Å². The Morgan fingerprint density at radius 1 is 1.25 bits per heavy atom. The van der Waals surface area contributed by atoms with Gasteiger partial charge in [0.05, 0.1) is 23.9 Å².